The van der Waals surface area contributed by atoms with E-state index >= 15 is 0 Å². The predicted octanol–water partition coefficient (Wildman–Crippen LogP) is 4.28. The van der Waals surface area contributed by atoms with Crippen molar-refractivity contribution >= 4 is 21.7 Å². The molecule has 0 aliphatic heterocycles. The highest BCUT2D eigenvalue weighted by Crippen LogP contribution is 2.23. The molecular formula is C22H19NO3. The van der Waals surface area contributed by atoms with E-state index < -0.39 is 5.63 Å². The first kappa shape index (κ1) is 16.4. The second-order valence-electron chi connectivity index (χ2n) is 6.62. The number of rotatable bonds is 4. The van der Waals surface area contributed by atoms with Crippen LogP contribution in [0.5, 0.6) is 5.75 Å². The molecule has 1 heterocycles. The molecule has 0 aliphatic rings. The third-order valence-corrected chi connectivity index (χ3v) is 4.52. The summed E-state index contributed by atoms with van der Waals surface area (Å²) in [7, 11) is 2.02. The Morgan fingerprint density at radius 2 is 1.73 bits per heavy atom. The molecule has 0 atom stereocenters. The molecule has 26 heavy (non-hydrogen) atoms. The van der Waals surface area contributed by atoms with E-state index in [0.717, 1.165) is 17.5 Å². The lowest BCUT2D eigenvalue weighted by Crippen LogP contribution is -2.18. The smallest absolute Gasteiger partial charge is 0.336 e. The van der Waals surface area contributed by atoms with Crippen molar-refractivity contribution in [2.45, 2.75) is 13.1 Å². The lowest BCUT2D eigenvalue weighted by Gasteiger charge is -2.18. The first-order chi connectivity index (χ1) is 12.6. The summed E-state index contributed by atoms with van der Waals surface area (Å²) in [4.78, 5) is 14.0. The topological polar surface area (TPSA) is 53.7 Å². The summed E-state index contributed by atoms with van der Waals surface area (Å²) in [6, 6.07) is 21.2. The molecule has 1 N–H and O–H groups in total. The van der Waals surface area contributed by atoms with Crippen LogP contribution in [0.2, 0.25) is 0 Å². The fourth-order valence-electron chi connectivity index (χ4n) is 3.34. The first-order valence-electron chi connectivity index (χ1n) is 8.50. The van der Waals surface area contributed by atoms with E-state index in [9.17, 15) is 9.90 Å². The maximum absolute atomic E-state index is 11.8. The number of benzene rings is 3. The lowest BCUT2D eigenvalue weighted by atomic mass is 10.1. The van der Waals surface area contributed by atoms with Gasteiger partial charge in [0.25, 0.3) is 0 Å². The highest BCUT2D eigenvalue weighted by atomic mass is 16.4. The van der Waals surface area contributed by atoms with Crippen LogP contribution in [-0.4, -0.2) is 17.1 Å². The average molecular weight is 345 g/mol. The number of nitrogens with zero attached hydrogens (tertiary/aromatic N) is 1. The number of phenolic OH excluding ortho intramolecular Hbond substituents is 1. The molecule has 4 nitrogen and oxygen atoms in total. The minimum atomic E-state index is -0.405. The number of hydrogen-bond acceptors (Lipinski definition) is 4. The maximum Gasteiger partial charge on any atom is 0.336 e. The zero-order chi connectivity index (χ0) is 18.1. The van der Waals surface area contributed by atoms with Crippen molar-refractivity contribution in [3.05, 3.63) is 88.3 Å². The molecule has 0 spiro atoms. The van der Waals surface area contributed by atoms with Gasteiger partial charge >= 0.3 is 5.63 Å². The normalized spacial score (nSPS) is 11.5. The van der Waals surface area contributed by atoms with E-state index in [1.54, 1.807) is 12.1 Å². The zero-order valence-corrected chi connectivity index (χ0v) is 14.5. The molecule has 0 fully saturated rings. The Hall–Kier alpha value is -3.11. The standard InChI is InChI=1S/C22H19NO3/c1-23(13-15-6-7-16-4-2-3-5-17(16)10-15)14-18-11-22(25)26-21-12-19(24)8-9-20(18)21/h2-12,24H,13-14H2,1H3. The van der Waals surface area contributed by atoms with Crippen molar-refractivity contribution < 1.29 is 9.52 Å². The van der Waals surface area contributed by atoms with Crippen molar-refractivity contribution in [3.8, 4) is 5.75 Å². The van der Waals surface area contributed by atoms with Gasteiger partial charge in [0.1, 0.15) is 11.3 Å². The highest BCUT2D eigenvalue weighted by molar-refractivity contribution is 5.83. The quantitative estimate of drug-likeness (QED) is 0.561. The molecule has 130 valence electrons. The third kappa shape index (κ3) is 3.32. The van der Waals surface area contributed by atoms with Gasteiger partial charge in [-0.15, -0.1) is 0 Å². The van der Waals surface area contributed by atoms with Crippen LogP contribution in [0.1, 0.15) is 11.1 Å². The summed E-state index contributed by atoms with van der Waals surface area (Å²) in [5, 5.41) is 12.9. The van der Waals surface area contributed by atoms with Crippen molar-refractivity contribution in [2.24, 2.45) is 0 Å². The van der Waals surface area contributed by atoms with Gasteiger partial charge in [0.2, 0.25) is 0 Å². The van der Waals surface area contributed by atoms with Gasteiger partial charge in [-0.25, -0.2) is 4.79 Å². The van der Waals surface area contributed by atoms with Gasteiger partial charge < -0.3 is 9.52 Å². The second kappa shape index (κ2) is 6.65. The minimum Gasteiger partial charge on any atom is -0.508 e. The molecule has 0 saturated carbocycles. The zero-order valence-electron chi connectivity index (χ0n) is 14.5. The van der Waals surface area contributed by atoms with Gasteiger partial charge in [0, 0.05) is 30.6 Å². The Balaban J connectivity index is 1.60. The molecule has 3 aromatic carbocycles. The van der Waals surface area contributed by atoms with Crippen molar-refractivity contribution in [2.75, 3.05) is 7.05 Å². The number of aromatic hydroxyl groups is 1. The SMILES string of the molecule is CN(Cc1ccc2ccccc2c1)Cc1cc(=O)oc2cc(O)ccc12. The maximum atomic E-state index is 11.8. The predicted molar refractivity (Wildman–Crippen MR) is 103 cm³/mol. The Labute approximate surface area is 150 Å². The van der Waals surface area contributed by atoms with Crippen LogP contribution >= 0.6 is 0 Å². The van der Waals surface area contributed by atoms with Gasteiger partial charge in [0.15, 0.2) is 0 Å². The van der Waals surface area contributed by atoms with Crippen LogP contribution in [-0.2, 0) is 13.1 Å². The van der Waals surface area contributed by atoms with Gasteiger partial charge in [-0.1, -0.05) is 36.4 Å². The number of hydrogen-bond donors (Lipinski definition) is 1. The van der Waals surface area contributed by atoms with Gasteiger partial charge in [-0.05, 0) is 47.1 Å². The van der Waals surface area contributed by atoms with Crippen LogP contribution in [0, 0.1) is 0 Å². The van der Waals surface area contributed by atoms with Gasteiger partial charge in [-0.2, -0.15) is 0 Å². The van der Waals surface area contributed by atoms with Crippen LogP contribution < -0.4 is 5.63 Å². The fraction of sp³-hybridized carbons (Fsp3) is 0.136. The Kier molecular flexibility index (Phi) is 4.19. The summed E-state index contributed by atoms with van der Waals surface area (Å²) in [6.07, 6.45) is 0. The molecule has 1 aromatic heterocycles. The van der Waals surface area contributed by atoms with E-state index in [4.69, 9.17) is 4.42 Å². The summed E-state index contributed by atoms with van der Waals surface area (Å²) in [5.41, 5.74) is 2.11. The molecular weight excluding hydrogens is 326 g/mol. The van der Waals surface area contributed by atoms with Crippen LogP contribution in [0.25, 0.3) is 21.7 Å². The fourth-order valence-corrected chi connectivity index (χ4v) is 3.34. The minimum absolute atomic E-state index is 0.0855. The van der Waals surface area contributed by atoms with Crippen LogP contribution in [0.3, 0.4) is 0 Å². The van der Waals surface area contributed by atoms with Crippen LogP contribution in [0.4, 0.5) is 0 Å². The van der Waals surface area contributed by atoms with Crippen molar-refractivity contribution in [1.82, 2.24) is 4.90 Å². The monoisotopic (exact) mass is 345 g/mol. The number of fused-ring (bicyclic) bond motifs is 2. The van der Waals surface area contributed by atoms with E-state index in [1.807, 2.05) is 19.2 Å². The molecule has 0 radical (unpaired) electrons. The molecule has 4 rings (SSSR count). The lowest BCUT2D eigenvalue weighted by molar-refractivity contribution is 0.319. The summed E-state index contributed by atoms with van der Waals surface area (Å²) < 4.78 is 5.20. The first-order valence-corrected chi connectivity index (χ1v) is 8.50. The van der Waals surface area contributed by atoms with E-state index in [0.29, 0.717) is 12.1 Å². The second-order valence-corrected chi connectivity index (χ2v) is 6.62. The molecule has 0 unspecified atom stereocenters. The molecule has 0 aliphatic carbocycles. The van der Waals surface area contributed by atoms with Crippen LogP contribution in [0.15, 0.2) is 75.9 Å². The molecule has 4 heteroatoms. The van der Waals surface area contributed by atoms with E-state index in [-0.39, 0.29) is 5.75 Å². The highest BCUT2D eigenvalue weighted by Gasteiger charge is 2.10. The van der Waals surface area contributed by atoms with E-state index in [2.05, 4.69) is 35.2 Å². The Morgan fingerprint density at radius 3 is 2.58 bits per heavy atom. The summed E-state index contributed by atoms with van der Waals surface area (Å²) in [5.74, 6) is 0.0855. The number of phenols is 1. The van der Waals surface area contributed by atoms with Gasteiger partial charge in [0.05, 0.1) is 0 Å². The summed E-state index contributed by atoms with van der Waals surface area (Å²) in [6.45, 7) is 1.38. The average Bonchev–Trinajstić information content (AvgIpc) is 2.61. The molecule has 0 bridgehead atoms. The van der Waals surface area contributed by atoms with E-state index in [1.165, 1.54) is 28.5 Å². The third-order valence-electron chi connectivity index (χ3n) is 4.52. The van der Waals surface area contributed by atoms with Gasteiger partial charge in [-0.3, -0.25) is 4.90 Å². The summed E-state index contributed by atoms with van der Waals surface area (Å²) >= 11 is 0. The molecule has 0 saturated heterocycles. The largest absolute Gasteiger partial charge is 0.508 e. The molecule has 4 aromatic rings. The Morgan fingerprint density at radius 1 is 0.923 bits per heavy atom. The van der Waals surface area contributed by atoms with Crippen molar-refractivity contribution in [1.29, 1.82) is 0 Å². The van der Waals surface area contributed by atoms with Crippen molar-refractivity contribution in [3.63, 3.8) is 0 Å². The molecule has 0 amide bonds. The Bertz CT molecular complexity index is 1150.